The molecule has 82 valence electrons. The summed E-state index contributed by atoms with van der Waals surface area (Å²) in [6.07, 6.45) is 1.79. The zero-order chi connectivity index (χ0) is 10.7. The second-order valence-electron chi connectivity index (χ2n) is 3.76. The van der Waals surface area contributed by atoms with Crippen molar-refractivity contribution < 1.29 is 14.7 Å². The van der Waals surface area contributed by atoms with E-state index < -0.39 is 0 Å². The van der Waals surface area contributed by atoms with Gasteiger partial charge in [0.05, 0.1) is 0 Å². The van der Waals surface area contributed by atoms with Crippen molar-refractivity contribution in [2.45, 2.75) is 25.8 Å². The van der Waals surface area contributed by atoms with Crippen LogP contribution in [0.2, 0.25) is 0 Å². The van der Waals surface area contributed by atoms with Crippen LogP contribution in [0.1, 0.15) is 18.9 Å². The van der Waals surface area contributed by atoms with E-state index in [4.69, 9.17) is 14.7 Å². The number of fused-ring (bicyclic) bond motifs is 1. The Bertz CT molecular complexity index is 341. The van der Waals surface area contributed by atoms with Gasteiger partial charge in [-0.3, -0.25) is 0 Å². The monoisotopic (exact) mass is 209 g/mol. The molecule has 0 amide bonds. The van der Waals surface area contributed by atoms with Gasteiger partial charge >= 0.3 is 0 Å². The van der Waals surface area contributed by atoms with Gasteiger partial charge in [-0.05, 0) is 37.5 Å². The van der Waals surface area contributed by atoms with E-state index in [0.29, 0.717) is 6.79 Å². The molecule has 1 aliphatic rings. The second-order valence-corrected chi connectivity index (χ2v) is 3.76. The first kappa shape index (κ1) is 10.3. The summed E-state index contributed by atoms with van der Waals surface area (Å²) in [6, 6.07) is 6.05. The Kier molecular flexibility index (Phi) is 3.08. The van der Waals surface area contributed by atoms with E-state index in [-0.39, 0.29) is 6.04 Å². The lowest BCUT2D eigenvalue weighted by Gasteiger charge is -2.08. The standard InChI is InChI=1S/C11H15NO3/c1-8(12-13)2-3-9-4-5-10-11(6-9)15-7-14-10/h4-6,8,12-13H,2-3,7H2,1H3. The van der Waals surface area contributed by atoms with Crippen LogP contribution in [0.3, 0.4) is 0 Å². The van der Waals surface area contributed by atoms with Gasteiger partial charge in [0.15, 0.2) is 11.5 Å². The highest BCUT2D eigenvalue weighted by Gasteiger charge is 2.13. The molecule has 0 bridgehead atoms. The Morgan fingerprint density at radius 3 is 3.00 bits per heavy atom. The summed E-state index contributed by atoms with van der Waals surface area (Å²) < 4.78 is 10.5. The van der Waals surface area contributed by atoms with Gasteiger partial charge in [0.25, 0.3) is 0 Å². The molecule has 1 aliphatic heterocycles. The summed E-state index contributed by atoms with van der Waals surface area (Å²) in [5.74, 6) is 1.63. The summed E-state index contributed by atoms with van der Waals surface area (Å²) in [4.78, 5) is 0. The van der Waals surface area contributed by atoms with E-state index >= 15 is 0 Å². The molecule has 2 rings (SSSR count). The highest BCUT2D eigenvalue weighted by Crippen LogP contribution is 2.32. The predicted molar refractivity (Wildman–Crippen MR) is 55.3 cm³/mol. The van der Waals surface area contributed by atoms with Crippen LogP contribution >= 0.6 is 0 Å². The molecule has 1 unspecified atom stereocenters. The van der Waals surface area contributed by atoms with Crippen molar-refractivity contribution in [1.29, 1.82) is 0 Å². The number of benzene rings is 1. The third kappa shape index (κ3) is 2.40. The Labute approximate surface area is 88.8 Å². The lowest BCUT2D eigenvalue weighted by Crippen LogP contribution is -2.22. The van der Waals surface area contributed by atoms with Crippen molar-refractivity contribution in [3.63, 3.8) is 0 Å². The largest absolute Gasteiger partial charge is 0.454 e. The Balaban J connectivity index is 1.98. The maximum absolute atomic E-state index is 8.67. The maximum Gasteiger partial charge on any atom is 0.231 e. The van der Waals surface area contributed by atoms with Gasteiger partial charge in [0, 0.05) is 6.04 Å². The van der Waals surface area contributed by atoms with Crippen molar-refractivity contribution in [2.24, 2.45) is 0 Å². The Morgan fingerprint density at radius 1 is 1.40 bits per heavy atom. The van der Waals surface area contributed by atoms with E-state index in [1.165, 1.54) is 5.56 Å². The van der Waals surface area contributed by atoms with E-state index in [9.17, 15) is 0 Å². The summed E-state index contributed by atoms with van der Waals surface area (Å²) in [6.45, 7) is 2.25. The lowest BCUT2D eigenvalue weighted by molar-refractivity contribution is 0.129. The molecule has 0 spiro atoms. The van der Waals surface area contributed by atoms with Crippen LogP contribution < -0.4 is 15.0 Å². The molecular formula is C11H15NO3. The molecule has 1 aromatic carbocycles. The zero-order valence-corrected chi connectivity index (χ0v) is 8.69. The maximum atomic E-state index is 8.67. The molecule has 1 atom stereocenters. The van der Waals surface area contributed by atoms with E-state index in [0.717, 1.165) is 24.3 Å². The normalized spacial score (nSPS) is 15.3. The van der Waals surface area contributed by atoms with Crippen LogP contribution in [-0.4, -0.2) is 18.0 Å². The van der Waals surface area contributed by atoms with Gasteiger partial charge in [-0.25, -0.2) is 5.48 Å². The fourth-order valence-corrected chi connectivity index (χ4v) is 1.54. The highest BCUT2D eigenvalue weighted by atomic mass is 16.7. The van der Waals surface area contributed by atoms with Crippen molar-refractivity contribution in [3.05, 3.63) is 23.8 Å². The SMILES string of the molecule is CC(CCc1ccc2c(c1)OCO2)NO. The average molecular weight is 209 g/mol. The molecule has 0 saturated heterocycles. The fourth-order valence-electron chi connectivity index (χ4n) is 1.54. The summed E-state index contributed by atoms with van der Waals surface area (Å²) in [5.41, 5.74) is 3.43. The molecule has 0 radical (unpaired) electrons. The number of nitrogens with one attached hydrogen (secondary N) is 1. The first-order chi connectivity index (χ1) is 7.29. The van der Waals surface area contributed by atoms with Crippen molar-refractivity contribution in [3.8, 4) is 11.5 Å². The number of rotatable bonds is 4. The molecule has 4 nitrogen and oxygen atoms in total. The van der Waals surface area contributed by atoms with Crippen molar-refractivity contribution in [2.75, 3.05) is 6.79 Å². The first-order valence-electron chi connectivity index (χ1n) is 5.08. The molecule has 4 heteroatoms. The van der Waals surface area contributed by atoms with Gasteiger partial charge in [-0.2, -0.15) is 0 Å². The number of hydrogen-bond donors (Lipinski definition) is 2. The molecule has 1 aromatic rings. The number of hydroxylamine groups is 1. The summed E-state index contributed by atoms with van der Waals surface area (Å²) in [7, 11) is 0. The van der Waals surface area contributed by atoms with Gasteiger partial charge in [0.1, 0.15) is 0 Å². The van der Waals surface area contributed by atoms with Crippen LogP contribution in [-0.2, 0) is 6.42 Å². The van der Waals surface area contributed by atoms with Crippen LogP contribution in [0.5, 0.6) is 11.5 Å². The van der Waals surface area contributed by atoms with Crippen LogP contribution in [0.15, 0.2) is 18.2 Å². The van der Waals surface area contributed by atoms with E-state index in [1.54, 1.807) is 0 Å². The molecular weight excluding hydrogens is 194 g/mol. The van der Waals surface area contributed by atoms with Crippen LogP contribution in [0.4, 0.5) is 0 Å². The number of aryl methyl sites for hydroxylation is 1. The smallest absolute Gasteiger partial charge is 0.231 e. The third-order valence-electron chi connectivity index (χ3n) is 2.52. The minimum Gasteiger partial charge on any atom is -0.454 e. The molecule has 1 heterocycles. The van der Waals surface area contributed by atoms with Crippen molar-refractivity contribution in [1.82, 2.24) is 5.48 Å². The molecule has 15 heavy (non-hydrogen) atoms. The van der Waals surface area contributed by atoms with Crippen LogP contribution in [0.25, 0.3) is 0 Å². The highest BCUT2D eigenvalue weighted by molar-refractivity contribution is 5.44. The number of ether oxygens (including phenoxy) is 2. The summed E-state index contributed by atoms with van der Waals surface area (Å²) >= 11 is 0. The van der Waals surface area contributed by atoms with Crippen molar-refractivity contribution >= 4 is 0 Å². The Hall–Kier alpha value is -1.26. The zero-order valence-electron chi connectivity index (χ0n) is 8.69. The first-order valence-corrected chi connectivity index (χ1v) is 5.08. The summed E-state index contributed by atoms with van der Waals surface area (Å²) in [5, 5.41) is 8.67. The molecule has 0 aromatic heterocycles. The minimum atomic E-state index is 0.107. The topological polar surface area (TPSA) is 50.7 Å². The van der Waals surface area contributed by atoms with E-state index in [2.05, 4.69) is 5.48 Å². The third-order valence-corrected chi connectivity index (χ3v) is 2.52. The average Bonchev–Trinajstić information content (AvgIpc) is 2.72. The van der Waals surface area contributed by atoms with Gasteiger partial charge in [-0.1, -0.05) is 6.07 Å². The molecule has 0 aliphatic carbocycles. The Morgan fingerprint density at radius 2 is 2.20 bits per heavy atom. The lowest BCUT2D eigenvalue weighted by atomic mass is 10.1. The molecule has 2 N–H and O–H groups in total. The predicted octanol–water partition coefficient (Wildman–Crippen LogP) is 1.72. The number of hydrogen-bond acceptors (Lipinski definition) is 4. The van der Waals surface area contributed by atoms with Crippen LogP contribution in [0, 0.1) is 0 Å². The quantitative estimate of drug-likeness (QED) is 0.741. The van der Waals surface area contributed by atoms with Gasteiger partial charge in [0.2, 0.25) is 6.79 Å². The van der Waals surface area contributed by atoms with Gasteiger partial charge in [-0.15, -0.1) is 0 Å². The fraction of sp³-hybridized carbons (Fsp3) is 0.455. The van der Waals surface area contributed by atoms with Gasteiger partial charge < -0.3 is 14.7 Å². The molecule has 0 fully saturated rings. The molecule has 0 saturated carbocycles. The second kappa shape index (κ2) is 4.51. The van der Waals surface area contributed by atoms with E-state index in [1.807, 2.05) is 25.1 Å². The minimum absolute atomic E-state index is 0.107.